The third-order valence-electron chi connectivity index (χ3n) is 3.14. The van der Waals surface area contributed by atoms with Gasteiger partial charge in [0.15, 0.2) is 6.61 Å². The third-order valence-corrected chi connectivity index (χ3v) is 4.68. The molecule has 0 radical (unpaired) electrons. The van der Waals surface area contributed by atoms with Crippen LogP contribution in [-0.4, -0.2) is 38.7 Å². The summed E-state index contributed by atoms with van der Waals surface area (Å²) >= 11 is 0. The van der Waals surface area contributed by atoms with Gasteiger partial charge < -0.3 is 10.1 Å². The lowest BCUT2D eigenvalue weighted by atomic mass is 10.2. The van der Waals surface area contributed by atoms with Crippen LogP contribution in [0.3, 0.4) is 0 Å². The van der Waals surface area contributed by atoms with E-state index in [1.54, 1.807) is 18.2 Å². The Hall–Kier alpha value is -2.44. The summed E-state index contributed by atoms with van der Waals surface area (Å²) in [5.41, 5.74) is 0.582. The summed E-state index contributed by atoms with van der Waals surface area (Å²) in [5.74, 6) is -1.56. The number of nitrogens with zero attached hydrogens (tertiary/aromatic N) is 1. The molecule has 0 aliphatic heterocycles. The normalized spacial score (nSPS) is 12.0. The van der Waals surface area contributed by atoms with E-state index in [0.717, 1.165) is 0 Å². The number of benzene rings is 1. The number of esters is 1. The molecule has 1 aromatic carbocycles. The summed E-state index contributed by atoms with van der Waals surface area (Å²) in [6, 6.07) is 7.21. The second-order valence-corrected chi connectivity index (χ2v) is 7.20. The van der Waals surface area contributed by atoms with Crippen molar-refractivity contribution in [1.29, 1.82) is 5.26 Å². The van der Waals surface area contributed by atoms with Crippen molar-refractivity contribution in [3.05, 3.63) is 29.8 Å². The molecule has 8 nitrogen and oxygen atoms in total. The molecule has 1 aromatic rings. The Labute approximate surface area is 147 Å². The number of anilines is 1. The first kappa shape index (κ1) is 20.6. The third kappa shape index (κ3) is 7.32. The minimum absolute atomic E-state index is 0.0768. The molecule has 1 amide bonds. The fraction of sp³-hybridized carbons (Fsp3) is 0.438. The van der Waals surface area contributed by atoms with Crippen molar-refractivity contribution in [3.8, 4) is 6.07 Å². The summed E-state index contributed by atoms with van der Waals surface area (Å²) in [6.45, 7) is 2.62. The number of nitriles is 1. The van der Waals surface area contributed by atoms with Gasteiger partial charge in [-0.25, -0.2) is 13.1 Å². The zero-order valence-electron chi connectivity index (χ0n) is 14.1. The summed E-state index contributed by atoms with van der Waals surface area (Å²) in [7, 11) is -3.57. The Morgan fingerprint density at radius 2 is 2.00 bits per heavy atom. The number of ether oxygens (including phenoxy) is 1. The predicted octanol–water partition coefficient (Wildman–Crippen LogP) is 1.15. The van der Waals surface area contributed by atoms with Crippen molar-refractivity contribution in [2.75, 3.05) is 17.7 Å². The Balaban J connectivity index is 2.50. The smallest absolute Gasteiger partial charge is 0.324 e. The molecule has 0 spiro atoms. The molecule has 1 atom stereocenters. The quantitative estimate of drug-likeness (QED) is 0.631. The van der Waals surface area contributed by atoms with Crippen LogP contribution in [0.15, 0.2) is 24.3 Å². The molecule has 2 N–H and O–H groups in total. The first-order chi connectivity index (χ1) is 11.8. The average Bonchev–Trinajstić information content (AvgIpc) is 2.58. The van der Waals surface area contributed by atoms with E-state index in [9.17, 15) is 18.0 Å². The number of para-hydroxylation sites is 1. The Kier molecular flexibility index (Phi) is 8.04. The molecule has 0 aromatic heterocycles. The maximum atomic E-state index is 11.8. The molecular formula is C16H21N3O5S. The van der Waals surface area contributed by atoms with Gasteiger partial charge in [0.25, 0.3) is 5.91 Å². The monoisotopic (exact) mass is 367 g/mol. The van der Waals surface area contributed by atoms with Crippen LogP contribution >= 0.6 is 0 Å². The predicted molar refractivity (Wildman–Crippen MR) is 92.0 cm³/mol. The molecular weight excluding hydrogens is 346 g/mol. The fourth-order valence-electron chi connectivity index (χ4n) is 1.85. The van der Waals surface area contributed by atoms with E-state index < -0.39 is 34.5 Å². The van der Waals surface area contributed by atoms with Crippen molar-refractivity contribution < 1.29 is 22.7 Å². The molecule has 25 heavy (non-hydrogen) atoms. The van der Waals surface area contributed by atoms with E-state index in [1.165, 1.54) is 13.0 Å². The second-order valence-electron chi connectivity index (χ2n) is 5.33. The van der Waals surface area contributed by atoms with Gasteiger partial charge in [0, 0.05) is 0 Å². The average molecular weight is 367 g/mol. The SMILES string of the molecule is CCCCS(=O)(=O)N[C@@H](C)C(=O)OCC(=O)Nc1ccccc1C#N. The molecule has 0 aliphatic rings. The number of unbranched alkanes of at least 4 members (excludes halogenated alkanes) is 1. The van der Waals surface area contributed by atoms with Gasteiger partial charge in [-0.3, -0.25) is 9.59 Å². The van der Waals surface area contributed by atoms with Gasteiger partial charge in [0.2, 0.25) is 10.0 Å². The minimum atomic E-state index is -3.57. The van der Waals surface area contributed by atoms with Crippen LogP contribution in [0.2, 0.25) is 0 Å². The number of amides is 1. The van der Waals surface area contributed by atoms with E-state index in [0.29, 0.717) is 18.5 Å². The van der Waals surface area contributed by atoms with E-state index in [1.807, 2.05) is 13.0 Å². The van der Waals surface area contributed by atoms with Gasteiger partial charge in [0.1, 0.15) is 12.1 Å². The summed E-state index contributed by atoms with van der Waals surface area (Å²) < 4.78 is 30.5. The fourth-order valence-corrected chi connectivity index (χ4v) is 3.27. The Bertz CT molecular complexity index is 755. The Morgan fingerprint density at radius 3 is 2.64 bits per heavy atom. The zero-order chi connectivity index (χ0) is 18.9. The van der Waals surface area contributed by atoms with E-state index in [-0.39, 0.29) is 11.3 Å². The largest absolute Gasteiger partial charge is 0.454 e. The lowest BCUT2D eigenvalue weighted by Crippen LogP contribution is -2.41. The number of rotatable bonds is 9. The van der Waals surface area contributed by atoms with Crippen LogP contribution < -0.4 is 10.0 Å². The summed E-state index contributed by atoms with van der Waals surface area (Å²) in [5, 5.41) is 11.4. The maximum Gasteiger partial charge on any atom is 0.324 e. The van der Waals surface area contributed by atoms with Crippen LogP contribution in [0.1, 0.15) is 32.3 Å². The van der Waals surface area contributed by atoms with Crippen molar-refractivity contribution in [1.82, 2.24) is 4.72 Å². The first-order valence-corrected chi connectivity index (χ1v) is 9.40. The van der Waals surface area contributed by atoms with Crippen molar-refractivity contribution in [2.45, 2.75) is 32.7 Å². The van der Waals surface area contributed by atoms with E-state index in [4.69, 9.17) is 10.00 Å². The lowest BCUT2D eigenvalue weighted by molar-refractivity contribution is -0.148. The standard InChI is InChI=1S/C16H21N3O5S/c1-3-4-9-25(22,23)19-12(2)16(21)24-11-15(20)18-14-8-6-5-7-13(14)10-17/h5-8,12,19H,3-4,9,11H2,1-2H3,(H,18,20)/t12-/m0/s1. The van der Waals surface area contributed by atoms with Gasteiger partial charge in [-0.05, 0) is 25.5 Å². The highest BCUT2D eigenvalue weighted by atomic mass is 32.2. The zero-order valence-corrected chi connectivity index (χ0v) is 14.9. The highest BCUT2D eigenvalue weighted by Gasteiger charge is 2.22. The minimum Gasteiger partial charge on any atom is -0.454 e. The molecule has 0 saturated carbocycles. The summed E-state index contributed by atoms with van der Waals surface area (Å²) in [6.07, 6.45) is 1.20. The number of nitrogens with one attached hydrogen (secondary N) is 2. The second kappa shape index (κ2) is 9.76. The van der Waals surface area contributed by atoms with Crippen LogP contribution in [0, 0.1) is 11.3 Å². The molecule has 0 heterocycles. The van der Waals surface area contributed by atoms with Crippen molar-refractivity contribution >= 4 is 27.6 Å². The van der Waals surface area contributed by atoms with Crippen molar-refractivity contribution in [3.63, 3.8) is 0 Å². The molecule has 9 heteroatoms. The van der Waals surface area contributed by atoms with Gasteiger partial charge >= 0.3 is 5.97 Å². The van der Waals surface area contributed by atoms with Crippen LogP contribution in [0.4, 0.5) is 5.69 Å². The number of carbonyl (C=O) groups excluding carboxylic acids is 2. The number of sulfonamides is 1. The summed E-state index contributed by atoms with van der Waals surface area (Å²) in [4.78, 5) is 23.6. The highest BCUT2D eigenvalue weighted by Crippen LogP contribution is 2.13. The lowest BCUT2D eigenvalue weighted by Gasteiger charge is -2.13. The molecule has 136 valence electrons. The maximum absolute atomic E-state index is 11.8. The van der Waals surface area contributed by atoms with Crippen molar-refractivity contribution in [2.24, 2.45) is 0 Å². The van der Waals surface area contributed by atoms with Crippen LogP contribution in [-0.2, 0) is 24.3 Å². The number of carbonyl (C=O) groups is 2. The van der Waals surface area contributed by atoms with Gasteiger partial charge in [-0.1, -0.05) is 25.5 Å². The molecule has 0 fully saturated rings. The first-order valence-electron chi connectivity index (χ1n) is 7.74. The topological polar surface area (TPSA) is 125 Å². The Morgan fingerprint density at radius 1 is 1.32 bits per heavy atom. The van der Waals surface area contributed by atoms with Gasteiger partial charge in [-0.2, -0.15) is 5.26 Å². The molecule has 0 aliphatic carbocycles. The molecule has 0 bridgehead atoms. The van der Waals surface area contributed by atoms with Crippen LogP contribution in [0.5, 0.6) is 0 Å². The molecule has 1 rings (SSSR count). The number of hydrogen-bond acceptors (Lipinski definition) is 6. The van der Waals surface area contributed by atoms with E-state index in [2.05, 4.69) is 10.0 Å². The van der Waals surface area contributed by atoms with Crippen LogP contribution in [0.25, 0.3) is 0 Å². The highest BCUT2D eigenvalue weighted by molar-refractivity contribution is 7.89. The van der Waals surface area contributed by atoms with E-state index >= 15 is 0 Å². The van der Waals surface area contributed by atoms with Gasteiger partial charge in [-0.15, -0.1) is 0 Å². The number of hydrogen-bond donors (Lipinski definition) is 2. The van der Waals surface area contributed by atoms with Gasteiger partial charge in [0.05, 0.1) is 17.0 Å². The molecule has 0 unspecified atom stereocenters. The molecule has 0 saturated heterocycles.